The van der Waals surface area contributed by atoms with E-state index in [1.165, 1.54) is 11.3 Å². The van der Waals surface area contributed by atoms with Crippen molar-refractivity contribution in [3.63, 3.8) is 0 Å². The maximum atomic E-state index is 5.56. The molecule has 0 saturated carbocycles. The van der Waals surface area contributed by atoms with Crippen LogP contribution in [-0.4, -0.2) is 32.2 Å². The molecule has 0 aliphatic carbocycles. The fraction of sp³-hybridized carbons (Fsp3) is 0.333. The fourth-order valence-corrected chi connectivity index (χ4v) is 1.76. The topological polar surface area (TPSA) is 9.23 Å². The van der Waals surface area contributed by atoms with Crippen molar-refractivity contribution in [1.82, 2.24) is 0 Å². The summed E-state index contributed by atoms with van der Waals surface area (Å²) < 4.78 is 6.40. The van der Waals surface area contributed by atoms with E-state index in [1.54, 1.807) is 0 Å². The molecule has 0 saturated heterocycles. The summed E-state index contributed by atoms with van der Waals surface area (Å²) in [5.74, 6) is 0.998. The van der Waals surface area contributed by atoms with Crippen molar-refractivity contribution < 1.29 is 9.22 Å². The first-order chi connectivity index (χ1) is 6.59. The highest BCUT2D eigenvalue weighted by Gasteiger charge is 2.24. The Labute approximate surface area is 85.0 Å². The number of hydrogen-bond donors (Lipinski definition) is 0. The van der Waals surface area contributed by atoms with Gasteiger partial charge in [0, 0.05) is 6.08 Å². The lowest BCUT2D eigenvalue weighted by Gasteiger charge is -2.29. The van der Waals surface area contributed by atoms with Gasteiger partial charge in [-0.25, -0.2) is 0 Å². The Morgan fingerprint density at radius 1 is 1.14 bits per heavy atom. The first-order valence-corrected chi connectivity index (χ1v) is 4.83. The van der Waals surface area contributed by atoms with E-state index in [-0.39, 0.29) is 0 Å². The highest BCUT2D eigenvalue weighted by Crippen LogP contribution is 2.32. The van der Waals surface area contributed by atoms with Gasteiger partial charge < -0.3 is 4.74 Å². The molecule has 1 aromatic rings. The molecule has 1 aliphatic rings. The van der Waals surface area contributed by atoms with Crippen LogP contribution in [0.1, 0.15) is 5.56 Å². The van der Waals surface area contributed by atoms with Gasteiger partial charge in [0.25, 0.3) is 0 Å². The third-order valence-corrected chi connectivity index (χ3v) is 2.40. The summed E-state index contributed by atoms with van der Waals surface area (Å²) in [7, 11) is 6.52. The van der Waals surface area contributed by atoms with Gasteiger partial charge in [-0.15, -0.1) is 0 Å². The van der Waals surface area contributed by atoms with E-state index in [0.29, 0.717) is 6.61 Å². The van der Waals surface area contributed by atoms with Crippen molar-refractivity contribution >= 4 is 5.70 Å². The van der Waals surface area contributed by atoms with Gasteiger partial charge in [-0.1, -0.05) is 12.1 Å². The molecule has 0 amide bonds. The Morgan fingerprint density at radius 3 is 2.57 bits per heavy atom. The quantitative estimate of drug-likeness (QED) is 0.616. The van der Waals surface area contributed by atoms with Crippen molar-refractivity contribution in [3.8, 4) is 5.75 Å². The van der Waals surface area contributed by atoms with E-state index in [0.717, 1.165) is 10.2 Å². The molecule has 0 N–H and O–H groups in total. The summed E-state index contributed by atoms with van der Waals surface area (Å²) in [6, 6.07) is 8.20. The van der Waals surface area contributed by atoms with Gasteiger partial charge in [0.05, 0.1) is 26.7 Å². The number of hydrogen-bond acceptors (Lipinski definition) is 1. The van der Waals surface area contributed by atoms with E-state index >= 15 is 0 Å². The second kappa shape index (κ2) is 3.14. The van der Waals surface area contributed by atoms with Crippen LogP contribution < -0.4 is 4.74 Å². The van der Waals surface area contributed by atoms with Gasteiger partial charge in [-0.2, -0.15) is 0 Å². The lowest BCUT2D eigenvalue weighted by atomic mass is 10.1. The molecule has 14 heavy (non-hydrogen) atoms. The zero-order chi connectivity index (χ0) is 10.2. The number of rotatable bonds is 1. The van der Waals surface area contributed by atoms with Crippen molar-refractivity contribution in [3.05, 3.63) is 35.9 Å². The van der Waals surface area contributed by atoms with Crippen LogP contribution in [0.25, 0.3) is 5.70 Å². The number of para-hydroxylation sites is 1. The molecule has 0 aromatic heterocycles. The highest BCUT2D eigenvalue weighted by molar-refractivity contribution is 5.66. The summed E-state index contributed by atoms with van der Waals surface area (Å²) >= 11 is 0. The van der Waals surface area contributed by atoms with Crippen LogP contribution in [0.4, 0.5) is 0 Å². The second-order valence-electron chi connectivity index (χ2n) is 4.41. The third kappa shape index (κ3) is 1.53. The van der Waals surface area contributed by atoms with Crippen molar-refractivity contribution in [2.24, 2.45) is 0 Å². The van der Waals surface area contributed by atoms with Crippen molar-refractivity contribution in [2.45, 2.75) is 0 Å². The van der Waals surface area contributed by atoms with Crippen LogP contribution in [0.15, 0.2) is 30.3 Å². The Balaban J connectivity index is 2.51. The van der Waals surface area contributed by atoms with Gasteiger partial charge in [0.2, 0.25) is 0 Å². The maximum absolute atomic E-state index is 5.56. The molecule has 1 aliphatic heterocycles. The van der Waals surface area contributed by atoms with E-state index in [9.17, 15) is 0 Å². The molecule has 0 atom stereocenters. The molecular formula is C12H16NO+. The standard InChI is InChI=1S/C12H16NO/c1-13(2,3)11-8-9-14-12-7-5-4-6-10(11)12/h4-8H,9H2,1-3H3/q+1. The molecule has 0 radical (unpaired) electrons. The van der Waals surface area contributed by atoms with E-state index < -0.39 is 0 Å². The Bertz CT molecular complexity index is 374. The summed E-state index contributed by atoms with van der Waals surface area (Å²) in [4.78, 5) is 0. The summed E-state index contributed by atoms with van der Waals surface area (Å²) in [6.07, 6.45) is 2.16. The van der Waals surface area contributed by atoms with Crippen molar-refractivity contribution in [2.75, 3.05) is 27.7 Å². The fourth-order valence-electron chi connectivity index (χ4n) is 1.76. The third-order valence-electron chi connectivity index (χ3n) is 2.40. The Hall–Kier alpha value is -1.28. The molecule has 0 bridgehead atoms. The average Bonchev–Trinajstić information content (AvgIpc) is 2.15. The molecular weight excluding hydrogens is 174 g/mol. The highest BCUT2D eigenvalue weighted by atomic mass is 16.5. The van der Waals surface area contributed by atoms with Crippen molar-refractivity contribution in [1.29, 1.82) is 0 Å². The van der Waals surface area contributed by atoms with Gasteiger partial charge in [0.1, 0.15) is 18.1 Å². The number of benzene rings is 1. The van der Waals surface area contributed by atoms with E-state index in [2.05, 4.69) is 39.4 Å². The van der Waals surface area contributed by atoms with Crippen LogP contribution in [0.5, 0.6) is 5.75 Å². The lowest BCUT2D eigenvalue weighted by Crippen LogP contribution is -2.33. The Morgan fingerprint density at radius 2 is 1.86 bits per heavy atom. The molecule has 2 heteroatoms. The van der Waals surface area contributed by atoms with Crippen LogP contribution in [-0.2, 0) is 0 Å². The van der Waals surface area contributed by atoms with Crippen LogP contribution in [0.2, 0.25) is 0 Å². The monoisotopic (exact) mass is 190 g/mol. The van der Waals surface area contributed by atoms with Gasteiger partial charge in [0.15, 0.2) is 0 Å². The van der Waals surface area contributed by atoms with E-state index in [4.69, 9.17) is 4.74 Å². The molecule has 2 nitrogen and oxygen atoms in total. The minimum absolute atomic E-state index is 0.682. The molecule has 0 unspecified atom stereocenters. The largest absolute Gasteiger partial charge is 0.488 e. The first-order valence-electron chi connectivity index (χ1n) is 4.83. The minimum atomic E-state index is 0.682. The van der Waals surface area contributed by atoms with Crippen LogP contribution in [0.3, 0.4) is 0 Å². The minimum Gasteiger partial charge on any atom is -0.488 e. The average molecular weight is 190 g/mol. The second-order valence-corrected chi connectivity index (χ2v) is 4.41. The molecule has 0 spiro atoms. The molecule has 1 heterocycles. The Kier molecular flexibility index (Phi) is 2.08. The number of fused-ring (bicyclic) bond motifs is 1. The van der Waals surface area contributed by atoms with Gasteiger partial charge >= 0.3 is 0 Å². The summed E-state index contributed by atoms with van der Waals surface area (Å²) in [5, 5.41) is 0. The molecule has 0 fully saturated rings. The molecule has 2 rings (SSSR count). The van der Waals surface area contributed by atoms with Crippen LogP contribution in [0, 0.1) is 0 Å². The van der Waals surface area contributed by atoms with Gasteiger partial charge in [-0.3, -0.25) is 4.48 Å². The van der Waals surface area contributed by atoms with Gasteiger partial charge in [-0.05, 0) is 12.1 Å². The predicted molar refractivity (Wildman–Crippen MR) is 57.9 cm³/mol. The number of nitrogens with zero attached hydrogens (tertiary/aromatic N) is 1. The van der Waals surface area contributed by atoms with E-state index in [1.807, 2.05) is 12.1 Å². The SMILES string of the molecule is C[N+](C)(C)C1=CCOc2ccccc21. The zero-order valence-corrected chi connectivity index (χ0v) is 8.95. The summed E-state index contributed by atoms with van der Waals surface area (Å²) in [5.41, 5.74) is 2.54. The predicted octanol–water partition coefficient (Wildman–Crippen LogP) is 2.13. The first kappa shape index (κ1) is 9.28. The lowest BCUT2D eigenvalue weighted by molar-refractivity contribution is -0.796. The maximum Gasteiger partial charge on any atom is 0.142 e. The number of ether oxygens (including phenoxy) is 1. The molecule has 1 aromatic carbocycles. The van der Waals surface area contributed by atoms with Crippen LogP contribution >= 0.6 is 0 Å². The molecule has 74 valence electrons. The zero-order valence-electron chi connectivity index (χ0n) is 8.95. The normalized spacial score (nSPS) is 15.5. The summed E-state index contributed by atoms with van der Waals surface area (Å²) in [6.45, 7) is 0.682. The smallest absolute Gasteiger partial charge is 0.142 e. The number of quaternary nitrogens is 1.